The van der Waals surface area contributed by atoms with Crippen LogP contribution in [0.5, 0.6) is 0 Å². The predicted molar refractivity (Wildman–Crippen MR) is 45.7 cm³/mol. The molecule has 0 aromatic carbocycles. The molecule has 0 aliphatic carbocycles. The zero-order valence-electron chi connectivity index (χ0n) is 6.79. The molecule has 64 valence electrons. The molecule has 1 saturated heterocycles. The highest BCUT2D eigenvalue weighted by molar-refractivity contribution is 6.27. The molecule has 0 aromatic heterocycles. The molecule has 0 amide bonds. The molecule has 0 bridgehead atoms. The second-order valence-electron chi connectivity index (χ2n) is 3.09. The summed E-state index contributed by atoms with van der Waals surface area (Å²) in [6, 6.07) is 0.469. The Kier molecular flexibility index (Phi) is 3.34. The molecular weight excluding hydrogens is 162 g/mol. The summed E-state index contributed by atoms with van der Waals surface area (Å²) in [7, 11) is 0. The zero-order chi connectivity index (χ0) is 8.27. The fourth-order valence-electron chi connectivity index (χ4n) is 1.56. The van der Waals surface area contributed by atoms with Crippen LogP contribution in [0.2, 0.25) is 0 Å². The summed E-state index contributed by atoms with van der Waals surface area (Å²) < 4.78 is 0. The lowest BCUT2D eigenvalue weighted by molar-refractivity contribution is -0.111. The Bertz CT molecular complexity index is 140. The molecule has 0 saturated carbocycles. The van der Waals surface area contributed by atoms with E-state index in [1.165, 1.54) is 12.8 Å². The van der Waals surface area contributed by atoms with Gasteiger partial charge in [0.15, 0.2) is 6.29 Å². The van der Waals surface area contributed by atoms with Crippen molar-refractivity contribution in [2.75, 3.05) is 6.54 Å². The van der Waals surface area contributed by atoms with E-state index in [0.717, 1.165) is 19.3 Å². The number of hydrogen-bond donors (Lipinski definition) is 0. The third-order valence-electron chi connectivity index (χ3n) is 2.28. The highest BCUT2D eigenvalue weighted by Gasteiger charge is 2.23. The van der Waals surface area contributed by atoms with Crippen LogP contribution in [0.1, 0.15) is 26.2 Å². The maximum Gasteiger partial charge on any atom is 0.152 e. The Morgan fingerprint density at radius 1 is 1.64 bits per heavy atom. The van der Waals surface area contributed by atoms with E-state index in [0.29, 0.717) is 6.04 Å². The topological polar surface area (TPSA) is 20.3 Å². The maximum absolute atomic E-state index is 10.4. The van der Waals surface area contributed by atoms with Crippen molar-refractivity contribution in [2.45, 2.75) is 37.7 Å². The summed E-state index contributed by atoms with van der Waals surface area (Å²) in [5.41, 5.74) is -0.412. The number of halogens is 1. The van der Waals surface area contributed by atoms with Crippen LogP contribution < -0.4 is 0 Å². The van der Waals surface area contributed by atoms with Crippen LogP contribution in [0.3, 0.4) is 0 Å². The molecule has 0 radical (unpaired) electrons. The number of piperidine rings is 1. The van der Waals surface area contributed by atoms with E-state index in [4.69, 9.17) is 11.6 Å². The first-order chi connectivity index (χ1) is 5.25. The molecular formula is C8H14ClNO. The molecule has 0 aromatic rings. The molecule has 2 unspecified atom stereocenters. The van der Waals surface area contributed by atoms with Crippen LogP contribution in [-0.2, 0) is 4.79 Å². The van der Waals surface area contributed by atoms with Crippen molar-refractivity contribution in [3.8, 4) is 0 Å². The Balaban J connectivity index is 2.46. The number of aldehydes is 1. The smallest absolute Gasteiger partial charge is 0.152 e. The summed E-state index contributed by atoms with van der Waals surface area (Å²) in [4.78, 5) is 12.4. The Labute approximate surface area is 72.5 Å². The quantitative estimate of drug-likeness (QED) is 0.361. The van der Waals surface area contributed by atoms with Gasteiger partial charge in [-0.1, -0.05) is 18.0 Å². The van der Waals surface area contributed by atoms with Crippen LogP contribution in [0.15, 0.2) is 0 Å². The van der Waals surface area contributed by atoms with E-state index in [-0.39, 0.29) is 0 Å². The van der Waals surface area contributed by atoms with E-state index < -0.39 is 5.50 Å². The third-order valence-corrected chi connectivity index (χ3v) is 2.64. The van der Waals surface area contributed by atoms with E-state index in [2.05, 4.69) is 11.8 Å². The van der Waals surface area contributed by atoms with Crippen LogP contribution in [-0.4, -0.2) is 29.3 Å². The number of rotatable bonds is 2. The van der Waals surface area contributed by atoms with Gasteiger partial charge in [0, 0.05) is 12.6 Å². The average molecular weight is 176 g/mol. The molecule has 2 nitrogen and oxygen atoms in total. The number of alkyl halides is 1. The molecule has 0 spiro atoms. The van der Waals surface area contributed by atoms with Gasteiger partial charge in [-0.15, -0.1) is 0 Å². The van der Waals surface area contributed by atoms with Gasteiger partial charge in [-0.25, -0.2) is 0 Å². The van der Waals surface area contributed by atoms with Gasteiger partial charge in [-0.3, -0.25) is 4.90 Å². The number of likely N-dealkylation sites (tertiary alicyclic amines) is 1. The Morgan fingerprint density at radius 3 is 2.91 bits per heavy atom. The average Bonchev–Trinajstić information content (AvgIpc) is 2.04. The summed E-state index contributed by atoms with van der Waals surface area (Å²) >= 11 is 5.80. The molecule has 0 N–H and O–H groups in total. The first-order valence-corrected chi connectivity index (χ1v) is 4.54. The first kappa shape index (κ1) is 9.01. The molecule has 1 fully saturated rings. The van der Waals surface area contributed by atoms with Gasteiger partial charge in [-0.05, 0) is 19.8 Å². The van der Waals surface area contributed by atoms with Crippen molar-refractivity contribution in [1.29, 1.82) is 0 Å². The minimum Gasteiger partial charge on any atom is -0.300 e. The van der Waals surface area contributed by atoms with Crippen LogP contribution in [0.25, 0.3) is 0 Å². The largest absolute Gasteiger partial charge is 0.300 e. The van der Waals surface area contributed by atoms with E-state index in [1.807, 2.05) is 0 Å². The fraction of sp³-hybridized carbons (Fsp3) is 0.875. The van der Waals surface area contributed by atoms with E-state index in [9.17, 15) is 4.79 Å². The van der Waals surface area contributed by atoms with Gasteiger partial charge in [0.1, 0.15) is 5.50 Å². The number of hydrogen-bond acceptors (Lipinski definition) is 2. The Morgan fingerprint density at radius 2 is 2.36 bits per heavy atom. The maximum atomic E-state index is 10.4. The minimum absolute atomic E-state index is 0.412. The van der Waals surface area contributed by atoms with Gasteiger partial charge in [0.25, 0.3) is 0 Å². The normalized spacial score (nSPS) is 29.8. The fourth-order valence-corrected chi connectivity index (χ4v) is 1.85. The van der Waals surface area contributed by atoms with Gasteiger partial charge in [0.05, 0.1) is 0 Å². The van der Waals surface area contributed by atoms with Crippen molar-refractivity contribution in [1.82, 2.24) is 4.90 Å². The third kappa shape index (κ3) is 2.17. The van der Waals surface area contributed by atoms with Crippen molar-refractivity contribution in [2.24, 2.45) is 0 Å². The summed E-state index contributed by atoms with van der Waals surface area (Å²) in [6.45, 7) is 3.09. The van der Waals surface area contributed by atoms with Crippen LogP contribution in [0, 0.1) is 0 Å². The van der Waals surface area contributed by atoms with E-state index >= 15 is 0 Å². The van der Waals surface area contributed by atoms with Gasteiger partial charge >= 0.3 is 0 Å². The van der Waals surface area contributed by atoms with Crippen molar-refractivity contribution >= 4 is 17.9 Å². The molecule has 1 aliphatic rings. The lowest BCUT2D eigenvalue weighted by Crippen LogP contribution is -2.42. The summed E-state index contributed by atoms with van der Waals surface area (Å²) in [5.74, 6) is 0. The molecule has 3 heteroatoms. The Hall–Kier alpha value is -0.0800. The molecule has 1 aliphatic heterocycles. The standard InChI is InChI=1S/C8H14ClNO/c1-7-4-2-3-5-10(7)8(9)6-11/h6-8H,2-5H2,1H3. The van der Waals surface area contributed by atoms with Gasteiger partial charge in [0.2, 0.25) is 0 Å². The second kappa shape index (κ2) is 4.07. The number of carbonyl (C=O) groups is 1. The summed E-state index contributed by atoms with van der Waals surface area (Å²) in [5, 5.41) is 0. The first-order valence-electron chi connectivity index (χ1n) is 4.11. The number of nitrogens with zero attached hydrogens (tertiary/aromatic N) is 1. The SMILES string of the molecule is CC1CCCCN1C(Cl)C=O. The lowest BCUT2D eigenvalue weighted by atomic mass is 10.0. The highest BCUT2D eigenvalue weighted by atomic mass is 35.5. The number of carbonyl (C=O) groups excluding carboxylic acids is 1. The zero-order valence-corrected chi connectivity index (χ0v) is 7.55. The second-order valence-corrected chi connectivity index (χ2v) is 3.54. The molecule has 11 heavy (non-hydrogen) atoms. The minimum atomic E-state index is -0.412. The predicted octanol–water partition coefficient (Wildman–Crippen LogP) is 1.62. The van der Waals surface area contributed by atoms with Crippen LogP contribution in [0.4, 0.5) is 0 Å². The summed E-state index contributed by atoms with van der Waals surface area (Å²) in [6.07, 6.45) is 4.40. The highest BCUT2D eigenvalue weighted by Crippen LogP contribution is 2.19. The van der Waals surface area contributed by atoms with Crippen molar-refractivity contribution in [3.05, 3.63) is 0 Å². The molecule has 1 rings (SSSR count). The van der Waals surface area contributed by atoms with Crippen LogP contribution >= 0.6 is 11.6 Å². The van der Waals surface area contributed by atoms with Crippen molar-refractivity contribution in [3.63, 3.8) is 0 Å². The molecule has 1 heterocycles. The monoisotopic (exact) mass is 175 g/mol. The van der Waals surface area contributed by atoms with Crippen molar-refractivity contribution < 1.29 is 4.79 Å². The van der Waals surface area contributed by atoms with E-state index in [1.54, 1.807) is 0 Å². The lowest BCUT2D eigenvalue weighted by Gasteiger charge is -2.34. The molecule has 2 atom stereocenters. The van der Waals surface area contributed by atoms with Gasteiger partial charge in [-0.2, -0.15) is 0 Å². The van der Waals surface area contributed by atoms with Gasteiger partial charge < -0.3 is 4.79 Å².